The molecule has 138 valence electrons. The monoisotopic (exact) mass is 453 g/mol. The number of rotatable bonds is 3. The predicted octanol–water partition coefficient (Wildman–Crippen LogP) is 3.22. The molecule has 26 heavy (non-hydrogen) atoms. The van der Waals surface area contributed by atoms with Crippen LogP contribution in [-0.4, -0.2) is 30.4 Å². The summed E-state index contributed by atoms with van der Waals surface area (Å²) in [4.78, 5) is 22.7. The molecule has 0 aromatic heterocycles. The molecule has 1 aromatic rings. The van der Waals surface area contributed by atoms with Gasteiger partial charge in [0.25, 0.3) is 5.91 Å². The molecule has 1 N–H and O–H groups in total. The number of halogens is 5. The second-order valence-corrected chi connectivity index (χ2v) is 6.44. The summed E-state index contributed by atoms with van der Waals surface area (Å²) in [7, 11) is 1.14. The largest absolute Gasteiger partial charge is 0.466 e. The smallest absolute Gasteiger partial charge is 0.419 e. The molecule has 2 rings (SSSR count). The van der Waals surface area contributed by atoms with E-state index in [0.717, 1.165) is 37.2 Å². The number of esters is 1. The molecule has 1 aliphatic heterocycles. The Bertz CT molecular complexity index is 853. The van der Waals surface area contributed by atoms with Crippen LogP contribution in [0.15, 0.2) is 37.8 Å². The van der Waals surface area contributed by atoms with Crippen LogP contribution < -0.4 is 5.32 Å². The SMILES string of the molecule is COC(=O)/C=C1/S/C(=N\N=Cc2c(Br)ccc(C(F)(F)F)c2F)NC1=O. The molecular weight excluding hydrogens is 446 g/mol. The summed E-state index contributed by atoms with van der Waals surface area (Å²) in [6.45, 7) is 0. The average molecular weight is 454 g/mol. The van der Waals surface area contributed by atoms with Gasteiger partial charge >= 0.3 is 12.1 Å². The summed E-state index contributed by atoms with van der Waals surface area (Å²) >= 11 is 3.70. The van der Waals surface area contributed by atoms with E-state index in [1.54, 1.807) is 0 Å². The van der Waals surface area contributed by atoms with Gasteiger partial charge in [-0.1, -0.05) is 15.9 Å². The first-order valence-electron chi connectivity index (χ1n) is 6.58. The minimum atomic E-state index is -4.86. The van der Waals surface area contributed by atoms with Gasteiger partial charge in [-0.2, -0.15) is 18.3 Å². The first kappa shape index (κ1) is 20.1. The molecule has 12 heteroatoms. The fraction of sp³-hybridized carbons (Fsp3) is 0.143. The van der Waals surface area contributed by atoms with E-state index in [-0.39, 0.29) is 14.5 Å². The molecule has 0 bridgehead atoms. The number of alkyl halides is 3. The Labute approximate surface area is 156 Å². The second-order valence-electron chi connectivity index (χ2n) is 4.56. The van der Waals surface area contributed by atoms with Gasteiger partial charge in [0.05, 0.1) is 23.8 Å². The maximum atomic E-state index is 14.0. The van der Waals surface area contributed by atoms with Gasteiger partial charge in [0.2, 0.25) is 0 Å². The van der Waals surface area contributed by atoms with E-state index in [2.05, 4.69) is 36.2 Å². The number of carbonyl (C=O) groups excluding carboxylic acids is 2. The van der Waals surface area contributed by atoms with Crippen LogP contribution >= 0.6 is 27.7 Å². The Hall–Kier alpha value is -2.21. The van der Waals surface area contributed by atoms with Crippen molar-refractivity contribution >= 4 is 51.0 Å². The zero-order valence-electron chi connectivity index (χ0n) is 12.7. The lowest BCUT2D eigenvalue weighted by Crippen LogP contribution is -2.19. The Morgan fingerprint density at radius 2 is 2.08 bits per heavy atom. The number of amides is 1. The topological polar surface area (TPSA) is 80.1 Å². The number of hydrogen-bond acceptors (Lipinski definition) is 6. The summed E-state index contributed by atoms with van der Waals surface area (Å²) in [5, 5.41) is 9.31. The predicted molar refractivity (Wildman–Crippen MR) is 90.0 cm³/mol. The minimum Gasteiger partial charge on any atom is -0.466 e. The highest BCUT2D eigenvalue weighted by atomic mass is 79.9. The van der Waals surface area contributed by atoms with E-state index < -0.39 is 35.0 Å². The lowest BCUT2D eigenvalue weighted by Gasteiger charge is -2.10. The van der Waals surface area contributed by atoms with Crippen molar-refractivity contribution in [2.75, 3.05) is 7.11 Å². The van der Waals surface area contributed by atoms with Crippen LogP contribution in [0, 0.1) is 5.82 Å². The molecule has 1 fully saturated rings. The molecule has 0 unspecified atom stereocenters. The van der Waals surface area contributed by atoms with Gasteiger partial charge in [-0.15, -0.1) is 5.10 Å². The van der Waals surface area contributed by atoms with Crippen LogP contribution in [0.3, 0.4) is 0 Å². The fourth-order valence-electron chi connectivity index (χ4n) is 1.69. The summed E-state index contributed by atoms with van der Waals surface area (Å²) in [6.07, 6.45) is -3.15. The molecule has 1 heterocycles. The molecule has 1 amide bonds. The van der Waals surface area contributed by atoms with E-state index in [1.165, 1.54) is 0 Å². The Morgan fingerprint density at radius 3 is 2.69 bits per heavy atom. The van der Waals surface area contributed by atoms with Gasteiger partial charge in [0.1, 0.15) is 5.82 Å². The normalized spacial score (nSPS) is 18.0. The highest BCUT2D eigenvalue weighted by molar-refractivity contribution is 9.10. The number of amidine groups is 1. The Balaban J connectivity index is 2.24. The average Bonchev–Trinajstić information content (AvgIpc) is 2.88. The molecule has 0 radical (unpaired) electrons. The standard InChI is InChI=1S/C14H8BrF4N3O3S/c1-25-10(23)4-9-12(24)21-13(26-9)22-20-5-6-8(15)3-2-7(11(6)16)14(17,18)19/h2-5H,1H3,(H,21,22,24)/b9-4+,20-5?. The maximum absolute atomic E-state index is 14.0. The van der Waals surface area contributed by atoms with Crippen LogP contribution in [-0.2, 0) is 20.5 Å². The molecule has 1 saturated heterocycles. The quantitative estimate of drug-likeness (QED) is 0.250. The number of nitrogens with zero attached hydrogens (tertiary/aromatic N) is 2. The number of hydrogen-bond donors (Lipinski definition) is 1. The van der Waals surface area contributed by atoms with Crippen molar-refractivity contribution in [1.82, 2.24) is 5.32 Å². The van der Waals surface area contributed by atoms with Crippen molar-refractivity contribution in [3.8, 4) is 0 Å². The van der Waals surface area contributed by atoms with E-state index >= 15 is 0 Å². The summed E-state index contributed by atoms with van der Waals surface area (Å²) in [6, 6.07) is 1.63. The van der Waals surface area contributed by atoms with Crippen molar-refractivity contribution in [3.63, 3.8) is 0 Å². The summed E-state index contributed by atoms with van der Waals surface area (Å²) < 4.78 is 56.6. The van der Waals surface area contributed by atoms with Crippen molar-refractivity contribution in [2.45, 2.75) is 6.18 Å². The van der Waals surface area contributed by atoms with Gasteiger partial charge in [-0.3, -0.25) is 10.1 Å². The number of ether oxygens (including phenoxy) is 1. The van der Waals surface area contributed by atoms with Crippen molar-refractivity contribution < 1.29 is 31.9 Å². The zero-order valence-corrected chi connectivity index (χ0v) is 15.1. The lowest BCUT2D eigenvalue weighted by atomic mass is 10.1. The van der Waals surface area contributed by atoms with E-state index in [0.29, 0.717) is 6.07 Å². The van der Waals surface area contributed by atoms with Crippen LogP contribution in [0.5, 0.6) is 0 Å². The Kier molecular flexibility index (Phi) is 6.18. The number of carbonyl (C=O) groups is 2. The third kappa shape index (κ3) is 4.69. The fourth-order valence-corrected chi connectivity index (χ4v) is 2.83. The van der Waals surface area contributed by atoms with Gasteiger partial charge in [0, 0.05) is 16.1 Å². The molecule has 6 nitrogen and oxygen atoms in total. The lowest BCUT2D eigenvalue weighted by molar-refractivity contribution is -0.140. The number of thioether (sulfide) groups is 1. The number of benzene rings is 1. The third-order valence-electron chi connectivity index (χ3n) is 2.87. The van der Waals surface area contributed by atoms with Gasteiger partial charge in [-0.25, -0.2) is 9.18 Å². The van der Waals surface area contributed by atoms with Gasteiger partial charge in [-0.05, 0) is 23.9 Å². The highest BCUT2D eigenvalue weighted by Crippen LogP contribution is 2.34. The molecular formula is C14H8BrF4N3O3S. The highest BCUT2D eigenvalue weighted by Gasteiger charge is 2.35. The number of nitrogens with one attached hydrogen (secondary N) is 1. The van der Waals surface area contributed by atoms with E-state index in [1.807, 2.05) is 0 Å². The summed E-state index contributed by atoms with van der Waals surface area (Å²) in [5.74, 6) is -2.88. The molecule has 0 aliphatic carbocycles. The van der Waals surface area contributed by atoms with Crippen LogP contribution in [0.1, 0.15) is 11.1 Å². The van der Waals surface area contributed by atoms with Crippen LogP contribution in [0.25, 0.3) is 0 Å². The first-order chi connectivity index (χ1) is 12.1. The first-order valence-corrected chi connectivity index (χ1v) is 8.19. The number of methoxy groups -OCH3 is 1. The molecule has 0 spiro atoms. The van der Waals surface area contributed by atoms with E-state index in [4.69, 9.17) is 0 Å². The van der Waals surface area contributed by atoms with Gasteiger partial charge in [0.15, 0.2) is 5.17 Å². The van der Waals surface area contributed by atoms with Crippen molar-refractivity contribution in [2.24, 2.45) is 10.2 Å². The van der Waals surface area contributed by atoms with Crippen LogP contribution in [0.2, 0.25) is 0 Å². The third-order valence-corrected chi connectivity index (χ3v) is 4.46. The van der Waals surface area contributed by atoms with Crippen molar-refractivity contribution in [1.29, 1.82) is 0 Å². The van der Waals surface area contributed by atoms with Gasteiger partial charge < -0.3 is 4.74 Å². The van der Waals surface area contributed by atoms with E-state index in [9.17, 15) is 27.2 Å². The summed E-state index contributed by atoms with van der Waals surface area (Å²) in [5.41, 5.74) is -1.90. The molecule has 1 aliphatic rings. The Morgan fingerprint density at radius 1 is 1.38 bits per heavy atom. The molecule has 0 saturated carbocycles. The zero-order chi connectivity index (χ0) is 19.5. The molecule has 1 aromatic carbocycles. The van der Waals surface area contributed by atoms with Crippen LogP contribution in [0.4, 0.5) is 17.6 Å². The maximum Gasteiger partial charge on any atom is 0.419 e. The second kappa shape index (κ2) is 7.99. The van der Waals surface area contributed by atoms with Crippen molar-refractivity contribution in [3.05, 3.63) is 44.5 Å². The minimum absolute atomic E-state index is 0.00256. The molecule has 0 atom stereocenters.